The van der Waals surface area contributed by atoms with Gasteiger partial charge in [-0.2, -0.15) is 0 Å². The van der Waals surface area contributed by atoms with E-state index in [4.69, 9.17) is 9.47 Å². The van der Waals surface area contributed by atoms with E-state index in [1.54, 1.807) is 31.2 Å². The molecule has 2 aromatic carbocycles. The SMILES string of the molecule is COc1cccc(COc2ccc(F)c(C)c2)c1F. The van der Waals surface area contributed by atoms with Crippen molar-refractivity contribution in [3.63, 3.8) is 0 Å². The molecule has 0 aromatic heterocycles. The van der Waals surface area contributed by atoms with Crippen LogP contribution in [0.5, 0.6) is 11.5 Å². The predicted octanol–water partition coefficient (Wildman–Crippen LogP) is 3.86. The maximum Gasteiger partial charge on any atom is 0.171 e. The van der Waals surface area contributed by atoms with Gasteiger partial charge in [-0.25, -0.2) is 8.78 Å². The second kappa shape index (κ2) is 5.69. The van der Waals surface area contributed by atoms with E-state index in [1.165, 1.54) is 19.2 Å². The largest absolute Gasteiger partial charge is 0.494 e. The molecule has 100 valence electrons. The summed E-state index contributed by atoms with van der Waals surface area (Å²) in [7, 11) is 1.41. The van der Waals surface area contributed by atoms with Crippen molar-refractivity contribution < 1.29 is 18.3 Å². The zero-order valence-corrected chi connectivity index (χ0v) is 10.7. The van der Waals surface area contributed by atoms with Crippen LogP contribution in [0, 0.1) is 18.6 Å². The van der Waals surface area contributed by atoms with E-state index < -0.39 is 5.82 Å². The van der Waals surface area contributed by atoms with E-state index in [9.17, 15) is 8.78 Å². The maximum atomic E-state index is 13.9. The molecule has 0 amide bonds. The Kier molecular flexibility index (Phi) is 4.00. The number of benzene rings is 2. The zero-order chi connectivity index (χ0) is 13.8. The molecule has 19 heavy (non-hydrogen) atoms. The summed E-state index contributed by atoms with van der Waals surface area (Å²) in [4.78, 5) is 0. The number of halogens is 2. The van der Waals surface area contributed by atoms with Gasteiger partial charge in [-0.3, -0.25) is 0 Å². The molecule has 0 saturated heterocycles. The Hall–Kier alpha value is -2.10. The van der Waals surface area contributed by atoms with Crippen LogP contribution in [0.1, 0.15) is 11.1 Å². The first-order chi connectivity index (χ1) is 9.11. The van der Waals surface area contributed by atoms with Crippen molar-refractivity contribution in [2.24, 2.45) is 0 Å². The van der Waals surface area contributed by atoms with Gasteiger partial charge in [0.25, 0.3) is 0 Å². The molecule has 0 bridgehead atoms. The highest BCUT2D eigenvalue weighted by Crippen LogP contribution is 2.22. The molecule has 2 nitrogen and oxygen atoms in total. The smallest absolute Gasteiger partial charge is 0.171 e. The molecular formula is C15H14F2O2. The van der Waals surface area contributed by atoms with Crippen LogP contribution >= 0.6 is 0 Å². The second-order valence-corrected chi connectivity index (χ2v) is 4.13. The molecule has 0 fully saturated rings. The Morgan fingerprint density at radius 1 is 1.11 bits per heavy atom. The minimum atomic E-state index is -0.441. The number of hydrogen-bond acceptors (Lipinski definition) is 2. The second-order valence-electron chi connectivity index (χ2n) is 4.13. The van der Waals surface area contributed by atoms with Crippen LogP contribution in [0.15, 0.2) is 36.4 Å². The standard InChI is InChI=1S/C15H14F2O2/c1-10-8-12(6-7-13(10)16)19-9-11-4-3-5-14(18-2)15(11)17/h3-8H,9H2,1-2H3. The van der Waals surface area contributed by atoms with Crippen LogP contribution in [0.3, 0.4) is 0 Å². The molecule has 2 rings (SSSR count). The number of aryl methyl sites for hydroxylation is 1. The van der Waals surface area contributed by atoms with E-state index >= 15 is 0 Å². The first-order valence-corrected chi connectivity index (χ1v) is 5.82. The minimum Gasteiger partial charge on any atom is -0.494 e. The fraction of sp³-hybridized carbons (Fsp3) is 0.200. The Labute approximate surface area is 110 Å². The lowest BCUT2D eigenvalue weighted by Crippen LogP contribution is -2.00. The summed E-state index contributed by atoms with van der Waals surface area (Å²) >= 11 is 0. The van der Waals surface area contributed by atoms with Gasteiger partial charge in [-0.05, 0) is 36.8 Å². The van der Waals surface area contributed by atoms with E-state index in [0.717, 1.165) is 0 Å². The van der Waals surface area contributed by atoms with Crippen molar-refractivity contribution in [3.8, 4) is 11.5 Å². The summed E-state index contributed by atoms with van der Waals surface area (Å²) in [5.41, 5.74) is 0.880. The fourth-order valence-corrected chi connectivity index (χ4v) is 1.69. The summed E-state index contributed by atoms with van der Waals surface area (Å²) in [6, 6.07) is 9.27. The molecule has 0 aliphatic rings. The lowest BCUT2D eigenvalue weighted by atomic mass is 10.2. The number of ether oxygens (including phenoxy) is 2. The molecule has 4 heteroatoms. The Bertz CT molecular complexity index is 582. The summed E-state index contributed by atoms with van der Waals surface area (Å²) in [6.07, 6.45) is 0. The van der Waals surface area contributed by atoms with Gasteiger partial charge in [0, 0.05) is 5.56 Å². The van der Waals surface area contributed by atoms with Crippen LogP contribution < -0.4 is 9.47 Å². The predicted molar refractivity (Wildman–Crippen MR) is 68.4 cm³/mol. The zero-order valence-electron chi connectivity index (χ0n) is 10.7. The van der Waals surface area contributed by atoms with Gasteiger partial charge in [-0.15, -0.1) is 0 Å². The molecule has 0 aliphatic carbocycles. The van der Waals surface area contributed by atoms with E-state index in [-0.39, 0.29) is 18.2 Å². The number of rotatable bonds is 4. The highest BCUT2D eigenvalue weighted by molar-refractivity contribution is 5.32. The molecule has 0 unspecified atom stereocenters. The monoisotopic (exact) mass is 264 g/mol. The molecule has 0 radical (unpaired) electrons. The topological polar surface area (TPSA) is 18.5 Å². The summed E-state index contributed by atoms with van der Waals surface area (Å²) < 4.78 is 37.3. The minimum absolute atomic E-state index is 0.0636. The van der Waals surface area contributed by atoms with Gasteiger partial charge < -0.3 is 9.47 Å². The third-order valence-corrected chi connectivity index (χ3v) is 2.79. The Balaban J connectivity index is 2.12. The van der Waals surface area contributed by atoms with Gasteiger partial charge in [0.05, 0.1) is 7.11 Å². The molecule has 0 heterocycles. The number of methoxy groups -OCH3 is 1. The highest BCUT2D eigenvalue weighted by Gasteiger charge is 2.09. The summed E-state index contributed by atoms with van der Waals surface area (Å²) in [5.74, 6) is -0.0544. The highest BCUT2D eigenvalue weighted by atomic mass is 19.1. The quantitative estimate of drug-likeness (QED) is 0.834. The van der Waals surface area contributed by atoms with Crippen LogP contribution in [0.25, 0.3) is 0 Å². The lowest BCUT2D eigenvalue weighted by Gasteiger charge is -2.10. The van der Waals surface area contributed by atoms with Gasteiger partial charge in [-0.1, -0.05) is 12.1 Å². The summed E-state index contributed by atoms with van der Waals surface area (Å²) in [5, 5.41) is 0. The van der Waals surface area contributed by atoms with E-state index in [0.29, 0.717) is 16.9 Å². The Morgan fingerprint density at radius 2 is 1.89 bits per heavy atom. The van der Waals surface area contributed by atoms with Crippen molar-refractivity contribution >= 4 is 0 Å². The molecule has 0 spiro atoms. The molecule has 0 atom stereocenters. The fourth-order valence-electron chi connectivity index (χ4n) is 1.69. The number of hydrogen-bond donors (Lipinski definition) is 0. The van der Waals surface area contributed by atoms with Crippen LogP contribution in [0.2, 0.25) is 0 Å². The van der Waals surface area contributed by atoms with Crippen molar-refractivity contribution in [1.82, 2.24) is 0 Å². The van der Waals surface area contributed by atoms with Gasteiger partial charge >= 0.3 is 0 Å². The van der Waals surface area contributed by atoms with Crippen LogP contribution in [-0.4, -0.2) is 7.11 Å². The van der Waals surface area contributed by atoms with Crippen LogP contribution in [-0.2, 0) is 6.61 Å². The first kappa shape index (κ1) is 13.3. The molecule has 0 aliphatic heterocycles. The third kappa shape index (κ3) is 3.02. The third-order valence-electron chi connectivity index (χ3n) is 2.79. The average molecular weight is 264 g/mol. The lowest BCUT2D eigenvalue weighted by molar-refractivity contribution is 0.295. The van der Waals surface area contributed by atoms with E-state index in [1.807, 2.05) is 0 Å². The van der Waals surface area contributed by atoms with Gasteiger partial charge in [0.1, 0.15) is 18.2 Å². The summed E-state index contributed by atoms with van der Waals surface area (Å²) in [6.45, 7) is 1.71. The van der Waals surface area contributed by atoms with E-state index in [2.05, 4.69) is 0 Å². The van der Waals surface area contributed by atoms with Crippen molar-refractivity contribution in [2.75, 3.05) is 7.11 Å². The molecule has 0 N–H and O–H groups in total. The van der Waals surface area contributed by atoms with Crippen molar-refractivity contribution in [3.05, 3.63) is 59.2 Å². The van der Waals surface area contributed by atoms with Gasteiger partial charge in [0.2, 0.25) is 0 Å². The average Bonchev–Trinajstić information content (AvgIpc) is 2.41. The normalized spacial score (nSPS) is 10.3. The van der Waals surface area contributed by atoms with Crippen LogP contribution in [0.4, 0.5) is 8.78 Å². The molecular weight excluding hydrogens is 250 g/mol. The van der Waals surface area contributed by atoms with Crippen molar-refractivity contribution in [1.29, 1.82) is 0 Å². The molecule has 0 saturated carbocycles. The first-order valence-electron chi connectivity index (χ1n) is 5.82. The Morgan fingerprint density at radius 3 is 2.58 bits per heavy atom. The maximum absolute atomic E-state index is 13.9. The molecule has 2 aromatic rings. The van der Waals surface area contributed by atoms with Crippen molar-refractivity contribution in [2.45, 2.75) is 13.5 Å². The van der Waals surface area contributed by atoms with Gasteiger partial charge in [0.15, 0.2) is 11.6 Å².